The fraction of sp³-hybridized carbons (Fsp3) is 0.500. The first-order chi connectivity index (χ1) is 12.5. The van der Waals surface area contributed by atoms with Crippen LogP contribution in [0.5, 0.6) is 11.5 Å². The lowest BCUT2D eigenvalue weighted by atomic mass is 10.0. The molecule has 0 saturated carbocycles. The Morgan fingerprint density at radius 1 is 1.19 bits per heavy atom. The van der Waals surface area contributed by atoms with Gasteiger partial charge in [0.15, 0.2) is 17.3 Å². The summed E-state index contributed by atoms with van der Waals surface area (Å²) in [5, 5.41) is 5.43. The number of piperidine rings is 1. The molecular weight excluding hydrogens is 338 g/mol. The van der Waals surface area contributed by atoms with Gasteiger partial charge in [-0.1, -0.05) is 6.42 Å². The first kappa shape index (κ1) is 18.2. The molecule has 0 bridgehead atoms. The van der Waals surface area contributed by atoms with Gasteiger partial charge in [-0.15, -0.1) is 0 Å². The number of carbonyl (C=O) groups excluding carboxylic acids is 3. The molecule has 1 saturated heterocycles. The third-order valence-corrected chi connectivity index (χ3v) is 4.68. The van der Waals surface area contributed by atoms with E-state index in [9.17, 15) is 14.4 Å². The van der Waals surface area contributed by atoms with E-state index in [1.165, 1.54) is 6.92 Å². The summed E-state index contributed by atoms with van der Waals surface area (Å²) in [7, 11) is 1.60. The number of benzene rings is 1. The maximum absolute atomic E-state index is 12.5. The number of ether oxygens (including phenoxy) is 2. The molecule has 1 aromatic rings. The van der Waals surface area contributed by atoms with Gasteiger partial charge in [0, 0.05) is 18.7 Å². The third-order valence-electron chi connectivity index (χ3n) is 4.68. The number of amides is 2. The van der Waals surface area contributed by atoms with Gasteiger partial charge < -0.3 is 20.1 Å². The summed E-state index contributed by atoms with van der Waals surface area (Å²) in [5.41, 5.74) is 0.754. The Labute approximate surface area is 151 Å². The highest BCUT2D eigenvalue weighted by atomic mass is 16.7. The van der Waals surface area contributed by atoms with Crippen molar-refractivity contribution < 1.29 is 23.9 Å². The SMILES string of the molecule is CNC(=O)C1CCCCN1CC(=O)Nc1cc2c(cc1C(C)=O)OCO2. The molecule has 1 fully saturated rings. The molecule has 2 aliphatic heterocycles. The van der Waals surface area contributed by atoms with E-state index < -0.39 is 0 Å². The number of nitrogens with one attached hydrogen (secondary N) is 2. The molecule has 3 rings (SSSR count). The molecule has 1 atom stereocenters. The Bertz CT molecular complexity index is 734. The van der Waals surface area contributed by atoms with Crippen LogP contribution >= 0.6 is 0 Å². The Balaban J connectivity index is 1.73. The Morgan fingerprint density at radius 3 is 2.62 bits per heavy atom. The quantitative estimate of drug-likeness (QED) is 0.764. The number of hydrogen-bond acceptors (Lipinski definition) is 6. The van der Waals surface area contributed by atoms with Crippen molar-refractivity contribution in [2.75, 3.05) is 32.2 Å². The van der Waals surface area contributed by atoms with E-state index in [4.69, 9.17) is 9.47 Å². The lowest BCUT2D eigenvalue weighted by molar-refractivity contribution is -0.128. The molecule has 8 nitrogen and oxygen atoms in total. The number of anilines is 1. The minimum Gasteiger partial charge on any atom is -0.454 e. The van der Waals surface area contributed by atoms with E-state index >= 15 is 0 Å². The van der Waals surface area contributed by atoms with Crippen LogP contribution in [0.25, 0.3) is 0 Å². The summed E-state index contributed by atoms with van der Waals surface area (Å²) in [6, 6.07) is 2.88. The number of ketones is 1. The fourth-order valence-corrected chi connectivity index (χ4v) is 3.35. The Hall–Kier alpha value is -2.61. The number of likely N-dealkylation sites (tertiary alicyclic amines) is 1. The van der Waals surface area contributed by atoms with Crippen molar-refractivity contribution in [3.63, 3.8) is 0 Å². The fourth-order valence-electron chi connectivity index (χ4n) is 3.35. The zero-order valence-corrected chi connectivity index (χ0v) is 15.0. The van der Waals surface area contributed by atoms with Crippen molar-refractivity contribution in [1.29, 1.82) is 0 Å². The van der Waals surface area contributed by atoms with Crippen molar-refractivity contribution in [3.05, 3.63) is 17.7 Å². The van der Waals surface area contributed by atoms with Gasteiger partial charge in [-0.2, -0.15) is 0 Å². The molecule has 0 aliphatic carbocycles. The van der Waals surface area contributed by atoms with Crippen LogP contribution in [0.4, 0.5) is 5.69 Å². The molecule has 0 aromatic heterocycles. The van der Waals surface area contributed by atoms with E-state index in [1.54, 1.807) is 19.2 Å². The van der Waals surface area contributed by atoms with Gasteiger partial charge in [0.2, 0.25) is 18.6 Å². The van der Waals surface area contributed by atoms with Crippen LogP contribution in [-0.2, 0) is 9.59 Å². The van der Waals surface area contributed by atoms with Gasteiger partial charge in [0.05, 0.1) is 18.3 Å². The Morgan fingerprint density at radius 2 is 1.92 bits per heavy atom. The number of fused-ring (bicyclic) bond motifs is 1. The zero-order valence-electron chi connectivity index (χ0n) is 15.0. The molecule has 8 heteroatoms. The molecule has 0 spiro atoms. The van der Waals surface area contributed by atoms with Crippen molar-refractivity contribution >= 4 is 23.3 Å². The lowest BCUT2D eigenvalue weighted by Crippen LogP contribution is -2.51. The standard InChI is InChI=1S/C18H23N3O5/c1-11(22)12-7-15-16(26-10-25-15)8-13(12)20-17(23)9-21-6-4-3-5-14(21)18(24)19-2/h7-8,14H,3-6,9-10H2,1-2H3,(H,19,24)(H,20,23). The first-order valence-corrected chi connectivity index (χ1v) is 8.69. The predicted molar refractivity (Wildman–Crippen MR) is 94.5 cm³/mol. The number of nitrogens with zero attached hydrogens (tertiary/aromatic N) is 1. The lowest BCUT2D eigenvalue weighted by Gasteiger charge is -2.33. The monoisotopic (exact) mass is 361 g/mol. The highest BCUT2D eigenvalue weighted by Crippen LogP contribution is 2.37. The topological polar surface area (TPSA) is 97.0 Å². The summed E-state index contributed by atoms with van der Waals surface area (Å²) in [6.45, 7) is 2.29. The van der Waals surface area contributed by atoms with Crippen LogP contribution in [-0.4, -0.2) is 55.5 Å². The van der Waals surface area contributed by atoms with E-state index in [2.05, 4.69) is 10.6 Å². The maximum Gasteiger partial charge on any atom is 0.238 e. The van der Waals surface area contributed by atoms with Crippen molar-refractivity contribution in [2.24, 2.45) is 0 Å². The summed E-state index contributed by atoms with van der Waals surface area (Å²) in [4.78, 5) is 38.4. The highest BCUT2D eigenvalue weighted by Gasteiger charge is 2.29. The van der Waals surface area contributed by atoms with E-state index in [1.807, 2.05) is 4.90 Å². The van der Waals surface area contributed by atoms with E-state index in [0.29, 0.717) is 29.3 Å². The molecule has 2 aliphatic rings. The average molecular weight is 361 g/mol. The summed E-state index contributed by atoms with van der Waals surface area (Å²) >= 11 is 0. The number of likely N-dealkylation sites (N-methyl/N-ethyl adjacent to an activating group) is 1. The number of carbonyl (C=O) groups is 3. The van der Waals surface area contributed by atoms with Gasteiger partial charge in [-0.25, -0.2) is 0 Å². The second-order valence-corrected chi connectivity index (χ2v) is 6.45. The molecule has 1 unspecified atom stereocenters. The van der Waals surface area contributed by atoms with Crippen LogP contribution < -0.4 is 20.1 Å². The molecule has 2 heterocycles. The highest BCUT2D eigenvalue weighted by molar-refractivity contribution is 6.05. The summed E-state index contributed by atoms with van der Waals surface area (Å²) < 4.78 is 10.6. The molecular formula is C18H23N3O5. The largest absolute Gasteiger partial charge is 0.454 e. The van der Waals surface area contributed by atoms with Gasteiger partial charge in [0.1, 0.15) is 0 Å². The molecule has 140 valence electrons. The number of rotatable bonds is 5. The molecule has 0 radical (unpaired) electrons. The average Bonchev–Trinajstić information content (AvgIpc) is 3.08. The second kappa shape index (κ2) is 7.74. The van der Waals surface area contributed by atoms with Crippen molar-refractivity contribution in [3.8, 4) is 11.5 Å². The molecule has 26 heavy (non-hydrogen) atoms. The minimum atomic E-state index is -0.302. The minimum absolute atomic E-state index is 0.0787. The second-order valence-electron chi connectivity index (χ2n) is 6.45. The zero-order chi connectivity index (χ0) is 18.7. The van der Waals surface area contributed by atoms with Crippen LogP contribution in [0.15, 0.2) is 12.1 Å². The van der Waals surface area contributed by atoms with Crippen LogP contribution in [0.3, 0.4) is 0 Å². The van der Waals surface area contributed by atoms with Gasteiger partial charge in [0.25, 0.3) is 0 Å². The van der Waals surface area contributed by atoms with Crippen molar-refractivity contribution in [2.45, 2.75) is 32.2 Å². The Kier molecular flexibility index (Phi) is 5.41. The van der Waals surface area contributed by atoms with Crippen LogP contribution in [0.1, 0.15) is 36.5 Å². The molecule has 2 amide bonds. The predicted octanol–water partition coefficient (Wildman–Crippen LogP) is 1.16. The summed E-state index contributed by atoms with van der Waals surface area (Å²) in [5.74, 6) is 0.447. The van der Waals surface area contributed by atoms with Crippen LogP contribution in [0, 0.1) is 0 Å². The van der Waals surface area contributed by atoms with E-state index in [-0.39, 0.29) is 37.0 Å². The van der Waals surface area contributed by atoms with Gasteiger partial charge >= 0.3 is 0 Å². The number of Topliss-reactive ketones (excluding diaryl/α,β-unsaturated/α-hetero) is 1. The van der Waals surface area contributed by atoms with Crippen molar-refractivity contribution in [1.82, 2.24) is 10.2 Å². The third kappa shape index (κ3) is 3.80. The smallest absolute Gasteiger partial charge is 0.238 e. The van der Waals surface area contributed by atoms with Gasteiger partial charge in [-0.05, 0) is 32.4 Å². The molecule has 2 N–H and O–H groups in total. The summed E-state index contributed by atoms with van der Waals surface area (Å²) in [6.07, 6.45) is 2.64. The first-order valence-electron chi connectivity index (χ1n) is 8.69. The molecule has 1 aromatic carbocycles. The maximum atomic E-state index is 12.5. The number of hydrogen-bond donors (Lipinski definition) is 2. The normalized spacial score (nSPS) is 19.1. The van der Waals surface area contributed by atoms with Crippen LogP contribution in [0.2, 0.25) is 0 Å². The van der Waals surface area contributed by atoms with E-state index in [0.717, 1.165) is 19.3 Å². The van der Waals surface area contributed by atoms with Gasteiger partial charge in [-0.3, -0.25) is 19.3 Å².